The fourth-order valence-electron chi connectivity index (χ4n) is 2.79. The molecule has 26 heavy (non-hydrogen) atoms. The largest absolute Gasteiger partial charge is 0.340 e. The van der Waals surface area contributed by atoms with Crippen LogP contribution < -0.4 is 5.32 Å². The minimum atomic E-state index is 0.263. The van der Waals surface area contributed by atoms with Gasteiger partial charge in [-0.25, -0.2) is 4.98 Å². The number of fused-ring (bicyclic) bond motifs is 1. The van der Waals surface area contributed by atoms with Crippen LogP contribution in [-0.2, 0) is 12.8 Å². The number of hydrogen-bond acceptors (Lipinski definition) is 5. The molecule has 3 aromatic heterocycles. The van der Waals surface area contributed by atoms with E-state index in [0.717, 1.165) is 34.6 Å². The highest BCUT2D eigenvalue weighted by Crippen LogP contribution is 2.32. The monoisotopic (exact) mass is 380 g/mol. The Labute approximate surface area is 160 Å². The summed E-state index contributed by atoms with van der Waals surface area (Å²) in [6.07, 6.45) is 5.50. The number of nitrogens with one attached hydrogen (secondary N) is 1. The number of thiophene rings is 1. The predicted octanol–water partition coefficient (Wildman–Crippen LogP) is 5.64. The average Bonchev–Trinajstić information content (AvgIpc) is 3.07. The third-order valence-corrected chi connectivity index (χ3v) is 5.48. The van der Waals surface area contributed by atoms with Crippen LogP contribution >= 0.6 is 22.9 Å². The summed E-state index contributed by atoms with van der Waals surface area (Å²) >= 11 is 7.76. The fourth-order valence-corrected chi connectivity index (χ4v) is 3.98. The van der Waals surface area contributed by atoms with Gasteiger partial charge in [0.05, 0.1) is 5.39 Å². The number of rotatable bonds is 5. The minimum absolute atomic E-state index is 0.263. The zero-order chi connectivity index (χ0) is 17.9. The summed E-state index contributed by atoms with van der Waals surface area (Å²) < 4.78 is 0. The fraction of sp³-hybridized carbons (Fsp3) is 0.150. The van der Waals surface area contributed by atoms with Crippen LogP contribution in [-0.4, -0.2) is 15.0 Å². The van der Waals surface area contributed by atoms with Crippen LogP contribution in [0.1, 0.15) is 22.9 Å². The zero-order valence-electron chi connectivity index (χ0n) is 14.2. The van der Waals surface area contributed by atoms with Gasteiger partial charge in [-0.1, -0.05) is 19.1 Å². The van der Waals surface area contributed by atoms with E-state index < -0.39 is 0 Å². The molecule has 1 N–H and O–H groups in total. The summed E-state index contributed by atoms with van der Waals surface area (Å²) in [6.45, 7) is 2.13. The summed E-state index contributed by atoms with van der Waals surface area (Å²) in [7, 11) is 0. The number of benzene rings is 1. The summed E-state index contributed by atoms with van der Waals surface area (Å²) in [5.41, 5.74) is 3.47. The van der Waals surface area contributed by atoms with E-state index in [9.17, 15) is 0 Å². The molecule has 0 aliphatic carbocycles. The molecule has 0 saturated heterocycles. The maximum absolute atomic E-state index is 6.10. The van der Waals surface area contributed by atoms with Crippen molar-refractivity contribution in [3.05, 3.63) is 76.1 Å². The smallest absolute Gasteiger partial charge is 0.225 e. The highest BCUT2D eigenvalue weighted by molar-refractivity contribution is 7.18. The summed E-state index contributed by atoms with van der Waals surface area (Å²) in [6, 6.07) is 14.6. The quantitative estimate of drug-likeness (QED) is 0.455. The molecule has 0 saturated carbocycles. The van der Waals surface area contributed by atoms with Crippen molar-refractivity contribution >= 4 is 44.7 Å². The first-order valence-electron chi connectivity index (χ1n) is 8.42. The lowest BCUT2D eigenvalue weighted by molar-refractivity contribution is 1.16. The van der Waals surface area contributed by atoms with Gasteiger partial charge in [0, 0.05) is 23.0 Å². The Balaban J connectivity index is 1.57. The van der Waals surface area contributed by atoms with Gasteiger partial charge in [0.25, 0.3) is 0 Å². The lowest BCUT2D eigenvalue weighted by Gasteiger charge is -2.08. The molecular weight excluding hydrogens is 364 g/mol. The van der Waals surface area contributed by atoms with Crippen LogP contribution in [0.5, 0.6) is 0 Å². The second kappa shape index (κ2) is 7.40. The first kappa shape index (κ1) is 16.9. The van der Waals surface area contributed by atoms with Crippen LogP contribution in [0.3, 0.4) is 0 Å². The van der Waals surface area contributed by atoms with Crippen molar-refractivity contribution in [2.24, 2.45) is 0 Å². The molecule has 130 valence electrons. The second-order valence-corrected chi connectivity index (χ2v) is 7.43. The minimum Gasteiger partial charge on any atom is -0.340 e. The van der Waals surface area contributed by atoms with Crippen molar-refractivity contribution in [2.75, 3.05) is 5.32 Å². The van der Waals surface area contributed by atoms with Crippen molar-refractivity contribution in [1.82, 2.24) is 15.0 Å². The van der Waals surface area contributed by atoms with Crippen LogP contribution in [0.15, 0.2) is 54.9 Å². The van der Waals surface area contributed by atoms with E-state index in [-0.39, 0.29) is 5.28 Å². The van der Waals surface area contributed by atoms with Crippen LogP contribution in [0.25, 0.3) is 10.2 Å². The number of pyridine rings is 1. The third-order valence-electron chi connectivity index (χ3n) is 4.14. The Hall–Kier alpha value is -2.50. The van der Waals surface area contributed by atoms with Crippen molar-refractivity contribution in [3.8, 4) is 0 Å². The first-order valence-corrected chi connectivity index (χ1v) is 9.61. The topological polar surface area (TPSA) is 50.7 Å². The van der Waals surface area contributed by atoms with E-state index in [4.69, 9.17) is 11.6 Å². The summed E-state index contributed by atoms with van der Waals surface area (Å²) in [5.74, 6) is 0.748. The molecule has 3 heterocycles. The van der Waals surface area contributed by atoms with Gasteiger partial charge in [-0.15, -0.1) is 11.3 Å². The van der Waals surface area contributed by atoms with E-state index in [0.29, 0.717) is 0 Å². The molecule has 4 aromatic rings. The third kappa shape index (κ3) is 3.69. The molecule has 0 unspecified atom stereocenters. The Morgan fingerprint density at radius 2 is 1.73 bits per heavy atom. The van der Waals surface area contributed by atoms with Gasteiger partial charge in [-0.2, -0.15) is 4.98 Å². The van der Waals surface area contributed by atoms with Crippen molar-refractivity contribution < 1.29 is 0 Å². The van der Waals surface area contributed by atoms with Gasteiger partial charge >= 0.3 is 0 Å². The maximum Gasteiger partial charge on any atom is 0.225 e. The first-order chi connectivity index (χ1) is 12.7. The number of nitrogens with zero attached hydrogens (tertiary/aromatic N) is 3. The molecule has 0 atom stereocenters. The molecule has 0 radical (unpaired) electrons. The van der Waals surface area contributed by atoms with Gasteiger partial charge < -0.3 is 5.32 Å². The Kier molecular flexibility index (Phi) is 4.82. The molecule has 0 spiro atoms. The van der Waals surface area contributed by atoms with Crippen LogP contribution in [0, 0.1) is 0 Å². The highest BCUT2D eigenvalue weighted by atomic mass is 35.5. The number of hydrogen-bond donors (Lipinski definition) is 1. The van der Waals surface area contributed by atoms with Crippen LogP contribution in [0.2, 0.25) is 5.28 Å². The molecule has 0 fully saturated rings. The molecule has 4 rings (SSSR count). The maximum atomic E-state index is 6.10. The zero-order valence-corrected chi connectivity index (χ0v) is 15.8. The van der Waals surface area contributed by atoms with E-state index in [1.807, 2.05) is 24.5 Å². The summed E-state index contributed by atoms with van der Waals surface area (Å²) in [5, 5.41) is 4.65. The van der Waals surface area contributed by atoms with Crippen molar-refractivity contribution in [3.63, 3.8) is 0 Å². The molecule has 1 aromatic carbocycles. The van der Waals surface area contributed by atoms with Crippen molar-refractivity contribution in [1.29, 1.82) is 0 Å². The molecule has 0 bridgehead atoms. The van der Waals surface area contributed by atoms with Gasteiger partial charge in [-0.05, 0) is 65.9 Å². The van der Waals surface area contributed by atoms with Gasteiger partial charge in [0.15, 0.2) is 0 Å². The lowest BCUT2D eigenvalue weighted by atomic mass is 10.1. The van der Waals surface area contributed by atoms with E-state index in [1.54, 1.807) is 11.3 Å². The molecule has 6 heteroatoms. The van der Waals surface area contributed by atoms with E-state index >= 15 is 0 Å². The molecule has 0 aliphatic rings. The van der Waals surface area contributed by atoms with Gasteiger partial charge in [0.2, 0.25) is 5.28 Å². The van der Waals surface area contributed by atoms with Gasteiger partial charge in [-0.3, -0.25) is 4.98 Å². The highest BCUT2D eigenvalue weighted by Gasteiger charge is 2.11. The molecule has 0 aliphatic heterocycles. The standard InChI is InChI=1S/C20H17ClN4S/c1-2-16-12-17-18(24-20(21)25-19(17)26-16)23-15-5-3-13(4-6-15)11-14-7-9-22-10-8-14/h3-10,12H,2,11H2,1H3,(H,23,24,25). The predicted molar refractivity (Wildman–Crippen MR) is 109 cm³/mol. The number of halogens is 1. The molecule has 0 amide bonds. The average molecular weight is 381 g/mol. The number of aryl methyl sites for hydroxylation is 1. The summed E-state index contributed by atoms with van der Waals surface area (Å²) in [4.78, 5) is 15.0. The second-order valence-electron chi connectivity index (χ2n) is 5.98. The number of anilines is 2. The Bertz CT molecular complexity index is 1030. The molecule has 4 nitrogen and oxygen atoms in total. The van der Waals surface area contributed by atoms with E-state index in [1.165, 1.54) is 16.0 Å². The Morgan fingerprint density at radius 3 is 2.46 bits per heavy atom. The van der Waals surface area contributed by atoms with Crippen LogP contribution in [0.4, 0.5) is 11.5 Å². The normalized spacial score (nSPS) is 11.0. The Morgan fingerprint density at radius 1 is 1.00 bits per heavy atom. The van der Waals surface area contributed by atoms with Crippen molar-refractivity contribution in [2.45, 2.75) is 19.8 Å². The lowest BCUT2D eigenvalue weighted by Crippen LogP contribution is -1.96. The van der Waals surface area contributed by atoms with E-state index in [2.05, 4.69) is 57.5 Å². The van der Waals surface area contributed by atoms with Gasteiger partial charge in [0.1, 0.15) is 10.6 Å². The molecular formula is C20H17ClN4S. The number of aromatic nitrogens is 3. The SMILES string of the molecule is CCc1cc2c(Nc3ccc(Cc4ccncc4)cc3)nc(Cl)nc2s1.